The first-order valence-corrected chi connectivity index (χ1v) is 7.44. The van der Waals surface area contributed by atoms with Gasteiger partial charge in [0, 0.05) is 18.0 Å². The van der Waals surface area contributed by atoms with Crippen LogP contribution in [0.1, 0.15) is 56.7 Å². The fourth-order valence-corrected chi connectivity index (χ4v) is 2.69. The summed E-state index contributed by atoms with van der Waals surface area (Å²) in [4.78, 5) is 0. The highest BCUT2D eigenvalue weighted by atomic mass is 16.5. The average Bonchev–Trinajstić information content (AvgIpc) is 3.18. The van der Waals surface area contributed by atoms with Gasteiger partial charge in [-0.2, -0.15) is 10.4 Å². The summed E-state index contributed by atoms with van der Waals surface area (Å²) in [7, 11) is 0. The van der Waals surface area contributed by atoms with Crippen LogP contribution < -0.4 is 5.73 Å². The van der Waals surface area contributed by atoms with Crippen molar-refractivity contribution < 1.29 is 4.52 Å². The number of aromatic nitrogens is 3. The zero-order chi connectivity index (χ0) is 15.2. The first-order chi connectivity index (χ1) is 10.3. The van der Waals surface area contributed by atoms with Crippen molar-refractivity contribution in [2.24, 2.45) is 5.73 Å². The summed E-state index contributed by atoms with van der Waals surface area (Å²) in [5.74, 6) is 0.852. The van der Waals surface area contributed by atoms with Crippen molar-refractivity contribution in [2.75, 3.05) is 0 Å². The summed E-state index contributed by atoms with van der Waals surface area (Å²) in [6, 6.07) is 4.22. The molecule has 0 radical (unpaired) electrons. The van der Waals surface area contributed by atoms with E-state index in [9.17, 15) is 5.26 Å². The lowest BCUT2D eigenvalue weighted by Crippen LogP contribution is -2.26. The van der Waals surface area contributed by atoms with Crippen LogP contribution in [0.5, 0.6) is 0 Å². The van der Waals surface area contributed by atoms with Crippen molar-refractivity contribution in [1.82, 2.24) is 15.4 Å². The van der Waals surface area contributed by atoms with Crippen molar-refractivity contribution >= 4 is 0 Å². The minimum atomic E-state index is 0.290. The van der Waals surface area contributed by atoms with E-state index in [0.29, 0.717) is 29.0 Å². The second-order valence-electron chi connectivity index (χ2n) is 4.96. The average molecular weight is 287 g/mol. The van der Waals surface area contributed by atoms with Crippen LogP contribution in [0.4, 0.5) is 0 Å². The summed E-state index contributed by atoms with van der Waals surface area (Å²) in [6.07, 6.45) is 5.52. The molecule has 0 saturated heterocycles. The summed E-state index contributed by atoms with van der Waals surface area (Å²) in [5, 5.41) is 20.2. The Hall–Kier alpha value is -2.13. The molecule has 1 aliphatic rings. The maximum Gasteiger partial charge on any atom is 0.188 e. The molecule has 2 aromatic rings. The second kappa shape index (κ2) is 7.04. The highest BCUT2D eigenvalue weighted by Gasteiger charge is 2.26. The van der Waals surface area contributed by atoms with E-state index < -0.39 is 0 Å². The number of hydrogen-bond donors (Lipinski definition) is 2. The molecular weight excluding hydrogens is 266 g/mol. The maximum atomic E-state index is 9.37. The molecule has 6 heteroatoms. The number of nitrogens with one attached hydrogen (secondary N) is 1. The SMILES string of the molecule is CC.N#Cc1c(-c2ccno2)n[nH]c1C1CCC(N)CC1. The van der Waals surface area contributed by atoms with E-state index in [4.69, 9.17) is 10.3 Å². The van der Waals surface area contributed by atoms with E-state index in [0.717, 1.165) is 31.4 Å². The summed E-state index contributed by atoms with van der Waals surface area (Å²) in [6.45, 7) is 4.00. The Morgan fingerprint density at radius 2 is 2.05 bits per heavy atom. The van der Waals surface area contributed by atoms with Crippen LogP contribution in [-0.2, 0) is 0 Å². The zero-order valence-corrected chi connectivity index (χ0v) is 12.5. The Kier molecular flexibility index (Phi) is 5.12. The Morgan fingerprint density at radius 3 is 2.62 bits per heavy atom. The normalized spacial score (nSPS) is 21.2. The van der Waals surface area contributed by atoms with Crippen LogP contribution in [-0.4, -0.2) is 21.4 Å². The number of nitrogens with zero attached hydrogens (tertiary/aromatic N) is 3. The van der Waals surface area contributed by atoms with Gasteiger partial charge in [-0.3, -0.25) is 5.10 Å². The van der Waals surface area contributed by atoms with Crippen LogP contribution in [0.3, 0.4) is 0 Å². The van der Waals surface area contributed by atoms with Gasteiger partial charge in [0.25, 0.3) is 0 Å². The molecule has 0 aliphatic heterocycles. The van der Waals surface area contributed by atoms with Gasteiger partial charge in [-0.05, 0) is 25.7 Å². The Morgan fingerprint density at radius 1 is 1.33 bits per heavy atom. The third-order valence-corrected chi connectivity index (χ3v) is 3.76. The van der Waals surface area contributed by atoms with Gasteiger partial charge >= 0.3 is 0 Å². The molecule has 0 bridgehead atoms. The van der Waals surface area contributed by atoms with Gasteiger partial charge < -0.3 is 10.3 Å². The number of nitrogens with two attached hydrogens (primary N) is 1. The summed E-state index contributed by atoms with van der Waals surface area (Å²) >= 11 is 0. The highest BCUT2D eigenvalue weighted by molar-refractivity contribution is 5.63. The third-order valence-electron chi connectivity index (χ3n) is 3.76. The molecule has 0 atom stereocenters. The summed E-state index contributed by atoms with van der Waals surface area (Å²) < 4.78 is 5.08. The van der Waals surface area contributed by atoms with Crippen LogP contribution in [0, 0.1) is 11.3 Å². The van der Waals surface area contributed by atoms with Crippen LogP contribution in [0.2, 0.25) is 0 Å². The largest absolute Gasteiger partial charge is 0.355 e. The van der Waals surface area contributed by atoms with E-state index in [2.05, 4.69) is 21.4 Å². The lowest BCUT2D eigenvalue weighted by Gasteiger charge is -2.25. The van der Waals surface area contributed by atoms with E-state index in [-0.39, 0.29) is 0 Å². The molecule has 0 unspecified atom stereocenters. The first kappa shape index (κ1) is 15.3. The van der Waals surface area contributed by atoms with E-state index in [1.165, 1.54) is 0 Å². The molecule has 1 saturated carbocycles. The van der Waals surface area contributed by atoms with Crippen LogP contribution >= 0.6 is 0 Å². The van der Waals surface area contributed by atoms with Crippen molar-refractivity contribution in [2.45, 2.75) is 51.5 Å². The standard InChI is InChI=1S/C13H15N5O.C2H6/c14-7-10-12(8-1-3-9(15)4-2-8)17-18-13(10)11-5-6-16-19-11;1-2/h5-6,8-9H,1-4,15H2,(H,17,18);1-2H3. The van der Waals surface area contributed by atoms with Gasteiger partial charge in [0.2, 0.25) is 0 Å². The molecule has 6 nitrogen and oxygen atoms in total. The second-order valence-corrected chi connectivity index (χ2v) is 4.96. The van der Waals surface area contributed by atoms with Crippen molar-refractivity contribution in [1.29, 1.82) is 5.26 Å². The van der Waals surface area contributed by atoms with Crippen LogP contribution in [0.15, 0.2) is 16.8 Å². The number of aromatic amines is 1. The molecule has 2 heterocycles. The Labute approximate surface area is 124 Å². The molecule has 1 aliphatic carbocycles. The quantitative estimate of drug-likeness (QED) is 0.883. The highest BCUT2D eigenvalue weighted by Crippen LogP contribution is 2.35. The van der Waals surface area contributed by atoms with Crippen LogP contribution in [0.25, 0.3) is 11.5 Å². The monoisotopic (exact) mass is 287 g/mol. The number of rotatable bonds is 2. The van der Waals surface area contributed by atoms with Gasteiger partial charge in [-0.25, -0.2) is 0 Å². The molecule has 3 N–H and O–H groups in total. The lowest BCUT2D eigenvalue weighted by molar-refractivity contribution is 0.390. The van der Waals surface area contributed by atoms with Crippen molar-refractivity contribution in [3.05, 3.63) is 23.5 Å². The fraction of sp³-hybridized carbons (Fsp3) is 0.533. The van der Waals surface area contributed by atoms with E-state index in [1.54, 1.807) is 12.3 Å². The van der Waals surface area contributed by atoms with Crippen molar-refractivity contribution in [3.63, 3.8) is 0 Å². The Balaban J connectivity index is 0.000000774. The van der Waals surface area contributed by atoms with E-state index >= 15 is 0 Å². The number of H-pyrrole nitrogens is 1. The van der Waals surface area contributed by atoms with Gasteiger partial charge in [0.05, 0.1) is 11.9 Å². The molecule has 2 aromatic heterocycles. The molecule has 0 aromatic carbocycles. The topological polar surface area (TPSA) is 105 Å². The first-order valence-electron chi connectivity index (χ1n) is 7.44. The van der Waals surface area contributed by atoms with E-state index in [1.807, 2.05) is 13.8 Å². The molecule has 0 spiro atoms. The molecule has 0 amide bonds. The van der Waals surface area contributed by atoms with Gasteiger partial charge in [0.15, 0.2) is 5.76 Å². The minimum Gasteiger partial charge on any atom is -0.355 e. The Bertz CT molecular complexity index is 588. The fourth-order valence-electron chi connectivity index (χ4n) is 2.69. The number of nitriles is 1. The summed E-state index contributed by atoms with van der Waals surface area (Å²) in [5.41, 5.74) is 7.93. The lowest BCUT2D eigenvalue weighted by atomic mass is 9.83. The van der Waals surface area contributed by atoms with Gasteiger partial charge in [-0.15, -0.1) is 0 Å². The zero-order valence-electron chi connectivity index (χ0n) is 12.5. The molecule has 112 valence electrons. The number of hydrogen-bond acceptors (Lipinski definition) is 5. The molecular formula is C15H21N5O. The predicted molar refractivity (Wildman–Crippen MR) is 79.3 cm³/mol. The maximum absolute atomic E-state index is 9.37. The van der Waals surface area contributed by atoms with Crippen molar-refractivity contribution in [3.8, 4) is 17.5 Å². The predicted octanol–water partition coefficient (Wildman–Crippen LogP) is 2.95. The van der Waals surface area contributed by atoms with Gasteiger partial charge in [-0.1, -0.05) is 19.0 Å². The smallest absolute Gasteiger partial charge is 0.188 e. The molecule has 1 fully saturated rings. The molecule has 3 rings (SSSR count). The van der Waals surface area contributed by atoms with Gasteiger partial charge in [0.1, 0.15) is 17.3 Å². The molecule has 21 heavy (non-hydrogen) atoms. The minimum absolute atomic E-state index is 0.290. The third kappa shape index (κ3) is 3.14.